The van der Waals surface area contributed by atoms with Crippen LogP contribution in [0, 0.1) is 6.92 Å². The van der Waals surface area contributed by atoms with E-state index in [4.69, 9.17) is 9.47 Å². The van der Waals surface area contributed by atoms with Crippen LogP contribution < -0.4 is 10.4 Å². The third kappa shape index (κ3) is 3.10. The highest BCUT2D eigenvalue weighted by Gasteiger charge is 2.30. The van der Waals surface area contributed by atoms with Gasteiger partial charge in [0.1, 0.15) is 12.3 Å². The van der Waals surface area contributed by atoms with Crippen molar-refractivity contribution in [2.45, 2.75) is 32.4 Å². The molecule has 0 radical (unpaired) electrons. The molecular weight excluding hydrogens is 410 g/mol. The number of aryl methyl sites for hydroxylation is 1. The second kappa shape index (κ2) is 7.40. The number of hydrogen-bond donors (Lipinski definition) is 0. The van der Waals surface area contributed by atoms with Crippen LogP contribution >= 0.6 is 0 Å². The minimum Gasteiger partial charge on any atom is -0.465 e. The molecule has 0 spiro atoms. The Morgan fingerprint density at radius 3 is 2.47 bits per heavy atom. The Balaban J connectivity index is 1.49. The highest BCUT2D eigenvalue weighted by molar-refractivity contribution is 6.06. The van der Waals surface area contributed by atoms with E-state index in [9.17, 15) is 14.4 Å². The smallest absolute Gasteiger partial charge is 0.340 e. The van der Waals surface area contributed by atoms with Gasteiger partial charge in [0, 0.05) is 29.7 Å². The van der Waals surface area contributed by atoms with Crippen LogP contribution in [0.3, 0.4) is 0 Å². The van der Waals surface area contributed by atoms with Crippen LogP contribution in [0.4, 0.5) is 0 Å². The van der Waals surface area contributed by atoms with E-state index in [1.807, 2.05) is 31.2 Å². The minimum atomic E-state index is -0.569. The molecule has 0 aliphatic heterocycles. The van der Waals surface area contributed by atoms with Crippen molar-refractivity contribution in [1.82, 2.24) is 13.7 Å². The average Bonchev–Trinajstić information content (AvgIpc) is 3.54. The van der Waals surface area contributed by atoms with Crippen LogP contribution in [0.15, 0.2) is 47.3 Å². The number of ether oxygens (including phenoxy) is 2. The van der Waals surface area contributed by atoms with Gasteiger partial charge in [-0.25, -0.2) is 14.4 Å². The predicted octanol–water partition coefficient (Wildman–Crippen LogP) is 3.33. The second-order valence-corrected chi connectivity index (χ2v) is 8.12. The number of fused-ring (bicyclic) bond motifs is 2. The zero-order chi connectivity index (χ0) is 22.6. The van der Waals surface area contributed by atoms with Gasteiger partial charge in [0.2, 0.25) is 0 Å². The summed E-state index contributed by atoms with van der Waals surface area (Å²) >= 11 is 0. The van der Waals surface area contributed by atoms with Gasteiger partial charge in [-0.15, -0.1) is 0 Å². The van der Waals surface area contributed by atoms with Gasteiger partial charge in [-0.05, 0) is 50.1 Å². The van der Waals surface area contributed by atoms with Gasteiger partial charge in [0.25, 0.3) is 0 Å². The number of imidazole rings is 1. The lowest BCUT2D eigenvalue weighted by Crippen LogP contribution is -2.27. The van der Waals surface area contributed by atoms with Gasteiger partial charge in [-0.3, -0.25) is 9.13 Å². The number of benzene rings is 2. The van der Waals surface area contributed by atoms with E-state index in [1.54, 1.807) is 25.2 Å². The van der Waals surface area contributed by atoms with Gasteiger partial charge in [-0.2, -0.15) is 0 Å². The number of para-hydroxylation sites is 2. The summed E-state index contributed by atoms with van der Waals surface area (Å²) in [7, 11) is 3.02. The minimum absolute atomic E-state index is 0.218. The Kier molecular flexibility index (Phi) is 4.65. The summed E-state index contributed by atoms with van der Waals surface area (Å²) in [6, 6.07) is 12.9. The summed E-state index contributed by atoms with van der Waals surface area (Å²) in [5, 5.41) is 0.689. The monoisotopic (exact) mass is 433 g/mol. The number of carbonyl (C=O) groups excluding carboxylic acids is 2. The molecule has 0 amide bonds. The summed E-state index contributed by atoms with van der Waals surface area (Å²) in [5.74, 6) is -0.674. The molecule has 0 N–H and O–H groups in total. The van der Waals surface area contributed by atoms with Crippen molar-refractivity contribution >= 4 is 33.9 Å². The topological polar surface area (TPSA) is 84.5 Å². The van der Waals surface area contributed by atoms with Crippen molar-refractivity contribution < 1.29 is 19.1 Å². The van der Waals surface area contributed by atoms with Gasteiger partial charge in [-0.1, -0.05) is 12.1 Å². The summed E-state index contributed by atoms with van der Waals surface area (Å²) in [6.07, 6.45) is 2.14. The van der Waals surface area contributed by atoms with E-state index in [-0.39, 0.29) is 12.2 Å². The number of methoxy groups -OCH3 is 1. The maximum Gasteiger partial charge on any atom is 0.340 e. The average molecular weight is 433 g/mol. The molecule has 8 nitrogen and oxygen atoms in total. The molecule has 0 unspecified atom stereocenters. The molecule has 1 aliphatic carbocycles. The van der Waals surface area contributed by atoms with Crippen molar-refractivity contribution in [2.75, 3.05) is 7.11 Å². The van der Waals surface area contributed by atoms with Crippen LogP contribution in [0.1, 0.15) is 34.9 Å². The van der Waals surface area contributed by atoms with E-state index in [1.165, 1.54) is 16.2 Å². The molecule has 5 rings (SSSR count). The van der Waals surface area contributed by atoms with Gasteiger partial charge in [0.15, 0.2) is 0 Å². The molecule has 0 bridgehead atoms. The Hall–Kier alpha value is -3.81. The van der Waals surface area contributed by atoms with Crippen molar-refractivity contribution in [2.24, 2.45) is 7.05 Å². The first kappa shape index (κ1) is 20.1. The predicted molar refractivity (Wildman–Crippen MR) is 119 cm³/mol. The molecule has 32 heavy (non-hydrogen) atoms. The lowest BCUT2D eigenvalue weighted by atomic mass is 10.1. The summed E-state index contributed by atoms with van der Waals surface area (Å²) in [4.78, 5) is 37.7. The van der Waals surface area contributed by atoms with Crippen molar-refractivity contribution in [3.63, 3.8) is 0 Å². The fourth-order valence-corrected chi connectivity index (χ4v) is 4.46. The number of aromatic nitrogens is 3. The van der Waals surface area contributed by atoms with Crippen molar-refractivity contribution in [3.8, 4) is 5.75 Å². The van der Waals surface area contributed by atoms with E-state index in [0.717, 1.165) is 29.6 Å². The summed E-state index contributed by atoms with van der Waals surface area (Å²) in [6.45, 7) is 1.69. The molecule has 2 aromatic carbocycles. The van der Waals surface area contributed by atoms with Crippen LogP contribution in [0.2, 0.25) is 0 Å². The highest BCUT2D eigenvalue weighted by atomic mass is 16.5. The second-order valence-electron chi connectivity index (χ2n) is 8.12. The van der Waals surface area contributed by atoms with E-state index >= 15 is 0 Å². The largest absolute Gasteiger partial charge is 0.465 e. The molecule has 2 aromatic heterocycles. The molecule has 0 saturated heterocycles. The fourth-order valence-electron chi connectivity index (χ4n) is 4.46. The number of hydrogen-bond acceptors (Lipinski definition) is 5. The van der Waals surface area contributed by atoms with Gasteiger partial charge in [0.05, 0.1) is 23.7 Å². The standard InChI is InChI=1S/C24H23N3O5/c1-14-22(23(29)31-3)17-12-16(10-11-18(17)27(14)15-8-9-15)32-21(28)13-26-20-7-5-4-6-19(20)25(2)24(26)30/h4-7,10-12,15H,8-9,13H2,1-3H3. The lowest BCUT2D eigenvalue weighted by Gasteiger charge is -2.08. The summed E-state index contributed by atoms with van der Waals surface area (Å²) < 4.78 is 15.6. The first-order valence-electron chi connectivity index (χ1n) is 10.5. The molecule has 1 saturated carbocycles. The van der Waals surface area contributed by atoms with E-state index in [2.05, 4.69) is 4.57 Å². The van der Waals surface area contributed by atoms with Gasteiger partial charge >= 0.3 is 17.6 Å². The number of carbonyl (C=O) groups is 2. The molecule has 1 fully saturated rings. The Morgan fingerprint density at radius 1 is 1.06 bits per heavy atom. The third-order valence-corrected chi connectivity index (χ3v) is 6.09. The zero-order valence-corrected chi connectivity index (χ0v) is 18.1. The van der Waals surface area contributed by atoms with Gasteiger partial charge < -0.3 is 14.0 Å². The quantitative estimate of drug-likeness (QED) is 0.356. The fraction of sp³-hybridized carbons (Fsp3) is 0.292. The molecule has 4 aromatic rings. The molecule has 0 atom stereocenters. The lowest BCUT2D eigenvalue weighted by molar-refractivity contribution is -0.135. The molecule has 164 valence electrons. The van der Waals surface area contributed by atoms with E-state index < -0.39 is 11.9 Å². The van der Waals surface area contributed by atoms with Crippen LogP contribution in [0.5, 0.6) is 5.75 Å². The highest BCUT2D eigenvalue weighted by Crippen LogP contribution is 2.42. The molecule has 8 heteroatoms. The van der Waals surface area contributed by atoms with Crippen LogP contribution in [0.25, 0.3) is 21.9 Å². The third-order valence-electron chi connectivity index (χ3n) is 6.09. The van der Waals surface area contributed by atoms with Crippen molar-refractivity contribution in [1.29, 1.82) is 0 Å². The first-order valence-corrected chi connectivity index (χ1v) is 10.5. The molecule has 2 heterocycles. The first-order chi connectivity index (χ1) is 15.4. The summed E-state index contributed by atoms with van der Waals surface area (Å²) in [5.41, 5.74) is 3.36. The SMILES string of the molecule is COC(=O)c1c(C)n(C2CC2)c2ccc(OC(=O)Cn3c(=O)n(C)c4ccccc43)cc12. The normalized spacial score (nSPS) is 13.6. The molecule has 1 aliphatic rings. The maximum absolute atomic E-state index is 12.7. The Labute approximate surface area is 183 Å². The Morgan fingerprint density at radius 2 is 1.78 bits per heavy atom. The van der Waals surface area contributed by atoms with Crippen molar-refractivity contribution in [3.05, 3.63) is 64.2 Å². The zero-order valence-electron chi connectivity index (χ0n) is 18.1. The van der Waals surface area contributed by atoms with Crippen LogP contribution in [-0.4, -0.2) is 32.7 Å². The molecular formula is C24H23N3O5. The Bertz CT molecular complexity index is 1450. The number of nitrogens with zero attached hydrogens (tertiary/aromatic N) is 3. The van der Waals surface area contributed by atoms with E-state index in [0.29, 0.717) is 28.3 Å². The number of esters is 2. The number of rotatable bonds is 5. The maximum atomic E-state index is 12.7. The van der Waals surface area contributed by atoms with Crippen LogP contribution in [-0.2, 0) is 23.1 Å².